The predicted octanol–water partition coefficient (Wildman–Crippen LogP) is 0.754. The fourth-order valence-electron chi connectivity index (χ4n) is 1.51. The number of rotatable bonds is 5. The van der Waals surface area contributed by atoms with Crippen LogP contribution < -0.4 is 16.0 Å². The molecule has 0 fully saturated rings. The first-order valence-corrected chi connectivity index (χ1v) is 5.01. The summed E-state index contributed by atoms with van der Waals surface area (Å²) < 4.78 is 5.21. The van der Waals surface area contributed by atoms with E-state index in [0.717, 1.165) is 23.3 Å². The number of hydrazine groups is 1. The molecule has 4 nitrogen and oxygen atoms in total. The summed E-state index contributed by atoms with van der Waals surface area (Å²) in [5.74, 6) is 6.01. The van der Waals surface area contributed by atoms with Crippen LogP contribution in [0.15, 0.2) is 18.2 Å². The van der Waals surface area contributed by atoms with E-state index in [1.54, 1.807) is 7.11 Å². The maximum absolute atomic E-state index is 9.72. The first kappa shape index (κ1) is 12.0. The molecule has 1 unspecified atom stereocenters. The molecule has 1 rings (SSSR count). The van der Waals surface area contributed by atoms with Gasteiger partial charge in [0.2, 0.25) is 0 Å². The van der Waals surface area contributed by atoms with Gasteiger partial charge in [-0.15, -0.1) is 0 Å². The van der Waals surface area contributed by atoms with Crippen molar-refractivity contribution in [2.45, 2.75) is 19.4 Å². The summed E-state index contributed by atoms with van der Waals surface area (Å²) in [5, 5.41) is 9.72. The number of aliphatic hydroxyl groups excluding tert-OH is 1. The standard InChI is InChI=1S/C11H18N2O2/c1-3-8-6-9(10(14)7-13-12)4-5-11(8)15-2/h4-6,10,13-14H,3,7,12H2,1-2H3. The molecule has 0 radical (unpaired) electrons. The topological polar surface area (TPSA) is 67.5 Å². The Morgan fingerprint density at radius 3 is 2.80 bits per heavy atom. The van der Waals surface area contributed by atoms with E-state index in [2.05, 4.69) is 12.3 Å². The molecule has 0 bridgehead atoms. The highest BCUT2D eigenvalue weighted by Gasteiger charge is 2.09. The molecule has 84 valence electrons. The Kier molecular flexibility index (Phi) is 4.55. The van der Waals surface area contributed by atoms with Crippen molar-refractivity contribution in [1.82, 2.24) is 5.43 Å². The van der Waals surface area contributed by atoms with Gasteiger partial charge in [0.25, 0.3) is 0 Å². The molecule has 0 saturated heterocycles. The molecule has 0 spiro atoms. The van der Waals surface area contributed by atoms with Crippen LogP contribution in [0.2, 0.25) is 0 Å². The molecule has 0 aliphatic heterocycles. The van der Waals surface area contributed by atoms with E-state index in [1.165, 1.54) is 0 Å². The zero-order chi connectivity index (χ0) is 11.3. The normalized spacial score (nSPS) is 12.5. The van der Waals surface area contributed by atoms with Crippen molar-refractivity contribution in [3.05, 3.63) is 29.3 Å². The average Bonchev–Trinajstić information content (AvgIpc) is 2.28. The molecule has 0 aromatic heterocycles. The molecular formula is C11H18N2O2. The van der Waals surface area contributed by atoms with Crippen molar-refractivity contribution in [2.75, 3.05) is 13.7 Å². The van der Waals surface area contributed by atoms with Crippen molar-refractivity contribution >= 4 is 0 Å². The Balaban J connectivity index is 2.92. The van der Waals surface area contributed by atoms with Crippen LogP contribution in [0, 0.1) is 0 Å². The van der Waals surface area contributed by atoms with E-state index < -0.39 is 6.10 Å². The second-order valence-corrected chi connectivity index (χ2v) is 3.35. The number of nitrogens with two attached hydrogens (primary N) is 1. The zero-order valence-electron chi connectivity index (χ0n) is 9.16. The SMILES string of the molecule is CCc1cc(C(O)CNN)ccc1OC. The minimum absolute atomic E-state index is 0.343. The Bertz CT molecular complexity index is 315. The number of aryl methyl sites for hydroxylation is 1. The Hall–Kier alpha value is -1.10. The summed E-state index contributed by atoms with van der Waals surface area (Å²) in [6.07, 6.45) is 0.297. The Labute approximate surface area is 90.0 Å². The van der Waals surface area contributed by atoms with Crippen LogP contribution in [-0.2, 0) is 6.42 Å². The Morgan fingerprint density at radius 1 is 1.53 bits per heavy atom. The molecular weight excluding hydrogens is 192 g/mol. The van der Waals surface area contributed by atoms with Gasteiger partial charge < -0.3 is 9.84 Å². The van der Waals surface area contributed by atoms with E-state index in [-0.39, 0.29) is 0 Å². The molecule has 0 aliphatic carbocycles. The van der Waals surface area contributed by atoms with Crippen LogP contribution >= 0.6 is 0 Å². The van der Waals surface area contributed by atoms with Gasteiger partial charge in [0.15, 0.2) is 0 Å². The van der Waals surface area contributed by atoms with Crippen LogP contribution in [0.5, 0.6) is 5.75 Å². The molecule has 0 saturated carbocycles. The van der Waals surface area contributed by atoms with Crippen molar-refractivity contribution in [2.24, 2.45) is 5.84 Å². The van der Waals surface area contributed by atoms with Crippen molar-refractivity contribution in [3.8, 4) is 5.75 Å². The molecule has 0 amide bonds. The number of hydrogen-bond acceptors (Lipinski definition) is 4. The minimum atomic E-state index is -0.578. The first-order valence-electron chi connectivity index (χ1n) is 5.01. The third-order valence-electron chi connectivity index (χ3n) is 2.38. The van der Waals surface area contributed by atoms with Gasteiger partial charge in [-0.3, -0.25) is 11.3 Å². The molecule has 1 aromatic carbocycles. The van der Waals surface area contributed by atoms with E-state index in [1.807, 2.05) is 18.2 Å². The Morgan fingerprint density at radius 2 is 2.27 bits per heavy atom. The van der Waals surface area contributed by atoms with E-state index in [9.17, 15) is 5.11 Å². The molecule has 0 heterocycles. The zero-order valence-corrected chi connectivity index (χ0v) is 9.16. The molecule has 1 atom stereocenters. The summed E-state index contributed by atoms with van der Waals surface area (Å²) in [4.78, 5) is 0. The molecule has 1 aromatic rings. The van der Waals surface area contributed by atoms with Gasteiger partial charge in [-0.2, -0.15) is 0 Å². The molecule has 4 N–H and O–H groups in total. The summed E-state index contributed by atoms with van der Waals surface area (Å²) in [7, 11) is 1.64. The summed E-state index contributed by atoms with van der Waals surface area (Å²) >= 11 is 0. The fraction of sp³-hybridized carbons (Fsp3) is 0.455. The molecule has 15 heavy (non-hydrogen) atoms. The lowest BCUT2D eigenvalue weighted by Crippen LogP contribution is -2.27. The second-order valence-electron chi connectivity index (χ2n) is 3.35. The van der Waals surface area contributed by atoms with Gasteiger partial charge in [0, 0.05) is 6.54 Å². The van der Waals surface area contributed by atoms with Gasteiger partial charge in [-0.25, -0.2) is 0 Å². The van der Waals surface area contributed by atoms with Gasteiger partial charge in [0.1, 0.15) is 5.75 Å². The van der Waals surface area contributed by atoms with Crippen molar-refractivity contribution < 1.29 is 9.84 Å². The van der Waals surface area contributed by atoms with Crippen LogP contribution in [0.1, 0.15) is 24.2 Å². The summed E-state index contributed by atoms with van der Waals surface area (Å²) in [6.45, 7) is 2.39. The maximum atomic E-state index is 9.72. The summed E-state index contributed by atoms with van der Waals surface area (Å²) in [6, 6.07) is 5.66. The number of hydrogen-bond donors (Lipinski definition) is 3. The molecule has 4 heteroatoms. The van der Waals surface area contributed by atoms with Gasteiger partial charge >= 0.3 is 0 Å². The number of methoxy groups -OCH3 is 1. The third-order valence-corrected chi connectivity index (χ3v) is 2.38. The first-order chi connectivity index (χ1) is 7.22. The smallest absolute Gasteiger partial charge is 0.122 e. The van der Waals surface area contributed by atoms with Gasteiger partial charge in [-0.1, -0.05) is 13.0 Å². The van der Waals surface area contributed by atoms with E-state index in [0.29, 0.717) is 6.54 Å². The molecule has 0 aliphatic rings. The highest BCUT2D eigenvalue weighted by Crippen LogP contribution is 2.23. The number of benzene rings is 1. The lowest BCUT2D eigenvalue weighted by atomic mass is 10.0. The van der Waals surface area contributed by atoms with Crippen LogP contribution in [0.3, 0.4) is 0 Å². The lowest BCUT2D eigenvalue weighted by Gasteiger charge is -2.13. The lowest BCUT2D eigenvalue weighted by molar-refractivity contribution is 0.175. The average molecular weight is 210 g/mol. The van der Waals surface area contributed by atoms with E-state index >= 15 is 0 Å². The quantitative estimate of drug-likeness (QED) is 0.495. The van der Waals surface area contributed by atoms with Crippen molar-refractivity contribution in [1.29, 1.82) is 0 Å². The largest absolute Gasteiger partial charge is 0.496 e. The van der Waals surface area contributed by atoms with Crippen molar-refractivity contribution in [3.63, 3.8) is 0 Å². The highest BCUT2D eigenvalue weighted by molar-refractivity contribution is 5.38. The third kappa shape index (κ3) is 2.92. The monoisotopic (exact) mass is 210 g/mol. The summed E-state index contributed by atoms with van der Waals surface area (Å²) in [5.41, 5.74) is 4.39. The predicted molar refractivity (Wildman–Crippen MR) is 59.5 cm³/mol. The minimum Gasteiger partial charge on any atom is -0.496 e. The number of aliphatic hydroxyl groups is 1. The number of ether oxygens (including phenoxy) is 1. The van der Waals surface area contributed by atoms with Crippen LogP contribution in [0.25, 0.3) is 0 Å². The number of nitrogens with one attached hydrogen (secondary N) is 1. The van der Waals surface area contributed by atoms with Gasteiger partial charge in [-0.05, 0) is 29.7 Å². The van der Waals surface area contributed by atoms with E-state index in [4.69, 9.17) is 10.6 Å². The van der Waals surface area contributed by atoms with Crippen LogP contribution in [-0.4, -0.2) is 18.8 Å². The maximum Gasteiger partial charge on any atom is 0.122 e. The van der Waals surface area contributed by atoms with Gasteiger partial charge in [0.05, 0.1) is 13.2 Å². The van der Waals surface area contributed by atoms with Crippen LogP contribution in [0.4, 0.5) is 0 Å². The fourth-order valence-corrected chi connectivity index (χ4v) is 1.51. The highest BCUT2D eigenvalue weighted by atomic mass is 16.5. The second kappa shape index (κ2) is 5.70.